The molecule has 0 spiro atoms. The molecule has 1 atom stereocenters. The Kier molecular flexibility index (Phi) is 4.87. The lowest BCUT2D eigenvalue weighted by Crippen LogP contribution is -2.50. The minimum absolute atomic E-state index is 0.0711. The zero-order valence-corrected chi connectivity index (χ0v) is 14.7. The van der Waals surface area contributed by atoms with Gasteiger partial charge in [-0.2, -0.15) is 0 Å². The monoisotopic (exact) mass is 344 g/mol. The van der Waals surface area contributed by atoms with Crippen LogP contribution in [-0.4, -0.2) is 51.2 Å². The van der Waals surface area contributed by atoms with E-state index in [1.54, 1.807) is 24.7 Å². The highest BCUT2D eigenvalue weighted by Gasteiger charge is 2.35. The standard InChI is InChI=1S/C18H24N4O3/c1-19-16(23)10-18(25)8-5-9-22(12-18)11-15-20-14-7-4-3-6-13(14)17(24)21(15)2/h3-4,6-7,25H,5,8-12H2,1-2H3,(H,19,23). The fourth-order valence-corrected chi connectivity index (χ4v) is 3.48. The molecule has 0 radical (unpaired) electrons. The van der Waals surface area contributed by atoms with Gasteiger partial charge in [0.05, 0.1) is 29.5 Å². The average molecular weight is 344 g/mol. The highest BCUT2D eigenvalue weighted by molar-refractivity contribution is 5.77. The SMILES string of the molecule is CNC(=O)CC1(O)CCCN(Cc2nc3ccccc3c(=O)n2C)C1. The Bertz CT molecular complexity index is 848. The molecule has 25 heavy (non-hydrogen) atoms. The molecule has 1 aromatic heterocycles. The summed E-state index contributed by atoms with van der Waals surface area (Å²) in [6.07, 6.45) is 1.49. The number of piperidine rings is 1. The van der Waals surface area contributed by atoms with Crippen LogP contribution >= 0.6 is 0 Å². The molecule has 0 saturated carbocycles. The molecule has 1 aliphatic rings. The first-order valence-corrected chi connectivity index (χ1v) is 8.52. The molecule has 1 amide bonds. The van der Waals surface area contributed by atoms with Crippen LogP contribution < -0.4 is 10.9 Å². The Morgan fingerprint density at radius 1 is 1.40 bits per heavy atom. The fraction of sp³-hybridized carbons (Fsp3) is 0.500. The predicted molar refractivity (Wildman–Crippen MR) is 95.1 cm³/mol. The van der Waals surface area contributed by atoms with E-state index in [0.717, 1.165) is 13.0 Å². The number of rotatable bonds is 4. The number of aliphatic hydroxyl groups is 1. The van der Waals surface area contributed by atoms with Crippen molar-refractivity contribution in [3.05, 3.63) is 40.4 Å². The van der Waals surface area contributed by atoms with E-state index in [2.05, 4.69) is 15.2 Å². The quantitative estimate of drug-likeness (QED) is 0.838. The van der Waals surface area contributed by atoms with Gasteiger partial charge in [-0.1, -0.05) is 12.1 Å². The van der Waals surface area contributed by atoms with Crippen molar-refractivity contribution in [2.75, 3.05) is 20.1 Å². The Labute approximate surface area is 146 Å². The third-order valence-electron chi connectivity index (χ3n) is 4.84. The second-order valence-corrected chi connectivity index (χ2v) is 6.80. The van der Waals surface area contributed by atoms with Gasteiger partial charge >= 0.3 is 0 Å². The van der Waals surface area contributed by atoms with Crippen molar-refractivity contribution in [3.8, 4) is 0 Å². The number of amides is 1. The molecule has 0 aliphatic carbocycles. The highest BCUT2D eigenvalue weighted by atomic mass is 16.3. The van der Waals surface area contributed by atoms with Gasteiger partial charge in [0.2, 0.25) is 5.91 Å². The maximum atomic E-state index is 12.5. The Morgan fingerprint density at radius 2 is 2.16 bits per heavy atom. The molecule has 7 heteroatoms. The molecule has 3 rings (SSSR count). The van der Waals surface area contributed by atoms with Crippen LogP contribution in [0, 0.1) is 0 Å². The summed E-state index contributed by atoms with van der Waals surface area (Å²) in [7, 11) is 3.29. The van der Waals surface area contributed by atoms with Crippen molar-refractivity contribution in [3.63, 3.8) is 0 Å². The van der Waals surface area contributed by atoms with Crippen molar-refractivity contribution in [1.82, 2.24) is 19.8 Å². The number of likely N-dealkylation sites (tertiary alicyclic amines) is 1. The number of nitrogens with one attached hydrogen (secondary N) is 1. The van der Waals surface area contributed by atoms with Crippen molar-refractivity contribution >= 4 is 16.8 Å². The molecule has 2 N–H and O–H groups in total. The highest BCUT2D eigenvalue weighted by Crippen LogP contribution is 2.25. The summed E-state index contributed by atoms with van der Waals surface area (Å²) in [6, 6.07) is 7.30. The molecule has 1 fully saturated rings. The van der Waals surface area contributed by atoms with E-state index >= 15 is 0 Å². The first-order valence-electron chi connectivity index (χ1n) is 8.52. The van der Waals surface area contributed by atoms with Crippen LogP contribution in [-0.2, 0) is 18.4 Å². The number of carbonyl (C=O) groups excluding carboxylic acids is 1. The largest absolute Gasteiger partial charge is 0.388 e. The smallest absolute Gasteiger partial charge is 0.261 e. The maximum absolute atomic E-state index is 12.5. The first-order chi connectivity index (χ1) is 11.9. The molecule has 0 bridgehead atoms. The van der Waals surface area contributed by atoms with Crippen LogP contribution in [0.4, 0.5) is 0 Å². The van der Waals surface area contributed by atoms with Gasteiger partial charge in [-0.25, -0.2) is 4.98 Å². The lowest BCUT2D eigenvalue weighted by Gasteiger charge is -2.38. The molecule has 1 aromatic carbocycles. The number of fused-ring (bicyclic) bond motifs is 1. The topological polar surface area (TPSA) is 87.5 Å². The van der Waals surface area contributed by atoms with Gasteiger partial charge in [0, 0.05) is 20.6 Å². The minimum Gasteiger partial charge on any atom is -0.388 e. The molecule has 1 aliphatic heterocycles. The fourth-order valence-electron chi connectivity index (χ4n) is 3.48. The summed E-state index contributed by atoms with van der Waals surface area (Å²) in [5.74, 6) is 0.494. The Morgan fingerprint density at radius 3 is 2.92 bits per heavy atom. The number of nitrogens with zero attached hydrogens (tertiary/aromatic N) is 3. The van der Waals surface area contributed by atoms with Crippen LogP contribution in [0.1, 0.15) is 25.1 Å². The van der Waals surface area contributed by atoms with Gasteiger partial charge in [0.1, 0.15) is 5.82 Å². The molecule has 134 valence electrons. The molecular weight excluding hydrogens is 320 g/mol. The van der Waals surface area contributed by atoms with Crippen LogP contribution in [0.3, 0.4) is 0 Å². The molecular formula is C18H24N4O3. The number of β-amino-alcohol motifs (C(OH)–C–C–N with tert-alkyl or cyclic N) is 1. The zero-order chi connectivity index (χ0) is 18.0. The Balaban J connectivity index is 1.82. The van der Waals surface area contributed by atoms with E-state index < -0.39 is 5.60 Å². The zero-order valence-electron chi connectivity index (χ0n) is 14.7. The van der Waals surface area contributed by atoms with Gasteiger partial charge in [-0.05, 0) is 31.5 Å². The lowest BCUT2D eigenvalue weighted by molar-refractivity contribution is -0.128. The van der Waals surface area contributed by atoms with Crippen molar-refractivity contribution in [1.29, 1.82) is 0 Å². The van der Waals surface area contributed by atoms with Crippen LogP contribution in [0.25, 0.3) is 10.9 Å². The number of hydrogen-bond donors (Lipinski definition) is 2. The summed E-state index contributed by atoms with van der Waals surface area (Å²) in [5.41, 5.74) is -0.426. The lowest BCUT2D eigenvalue weighted by atomic mass is 9.89. The summed E-state index contributed by atoms with van der Waals surface area (Å²) in [4.78, 5) is 30.8. The number of para-hydroxylation sites is 1. The summed E-state index contributed by atoms with van der Waals surface area (Å²) < 4.78 is 1.56. The molecule has 1 unspecified atom stereocenters. The number of carbonyl (C=O) groups is 1. The summed E-state index contributed by atoms with van der Waals surface area (Å²) >= 11 is 0. The van der Waals surface area contributed by atoms with Gasteiger partial charge in [-0.15, -0.1) is 0 Å². The number of hydrogen-bond acceptors (Lipinski definition) is 5. The van der Waals surface area contributed by atoms with E-state index in [1.165, 1.54) is 0 Å². The second kappa shape index (κ2) is 6.93. The summed E-state index contributed by atoms with van der Waals surface area (Å²) in [5, 5.41) is 13.9. The predicted octanol–water partition coefficient (Wildman–Crippen LogP) is 0.396. The van der Waals surface area contributed by atoms with E-state index in [0.29, 0.717) is 36.2 Å². The van der Waals surface area contributed by atoms with Crippen molar-refractivity contribution < 1.29 is 9.90 Å². The number of aromatic nitrogens is 2. The normalized spacial score (nSPS) is 21.4. The summed E-state index contributed by atoms with van der Waals surface area (Å²) in [6.45, 7) is 1.66. The van der Waals surface area contributed by atoms with Crippen LogP contribution in [0.2, 0.25) is 0 Å². The second-order valence-electron chi connectivity index (χ2n) is 6.80. The molecule has 2 heterocycles. The Hall–Kier alpha value is -2.25. The van der Waals surface area contributed by atoms with Crippen molar-refractivity contribution in [2.24, 2.45) is 7.05 Å². The van der Waals surface area contributed by atoms with Gasteiger partial charge in [0.25, 0.3) is 5.56 Å². The molecule has 2 aromatic rings. The molecule has 7 nitrogen and oxygen atoms in total. The van der Waals surface area contributed by atoms with Gasteiger partial charge < -0.3 is 10.4 Å². The maximum Gasteiger partial charge on any atom is 0.261 e. The van der Waals surface area contributed by atoms with Gasteiger partial charge in [0.15, 0.2) is 0 Å². The van der Waals surface area contributed by atoms with E-state index in [-0.39, 0.29) is 17.9 Å². The third-order valence-corrected chi connectivity index (χ3v) is 4.84. The van der Waals surface area contributed by atoms with E-state index in [4.69, 9.17) is 0 Å². The van der Waals surface area contributed by atoms with E-state index in [9.17, 15) is 14.7 Å². The number of benzene rings is 1. The van der Waals surface area contributed by atoms with Crippen LogP contribution in [0.5, 0.6) is 0 Å². The average Bonchev–Trinajstić information content (AvgIpc) is 2.59. The first kappa shape index (κ1) is 17.6. The van der Waals surface area contributed by atoms with Gasteiger partial charge in [-0.3, -0.25) is 19.1 Å². The van der Waals surface area contributed by atoms with Crippen molar-refractivity contribution in [2.45, 2.75) is 31.4 Å². The van der Waals surface area contributed by atoms with Crippen LogP contribution in [0.15, 0.2) is 29.1 Å². The molecule has 1 saturated heterocycles. The van der Waals surface area contributed by atoms with E-state index in [1.807, 2.05) is 18.2 Å². The minimum atomic E-state index is -1.03. The third kappa shape index (κ3) is 3.72.